The molecule has 0 atom stereocenters. The number of ether oxygens (including phenoxy) is 1. The van der Waals surface area contributed by atoms with Crippen LogP contribution < -0.4 is 19.9 Å². The third-order valence-electron chi connectivity index (χ3n) is 6.52. The summed E-state index contributed by atoms with van der Waals surface area (Å²) in [6.45, 7) is 2.65. The minimum absolute atomic E-state index is 0.0887. The third kappa shape index (κ3) is 6.04. The molecule has 1 N–H and O–H groups in total. The van der Waals surface area contributed by atoms with E-state index in [0.717, 1.165) is 29.4 Å². The number of hydrogen-bond donors (Lipinski definition) is 1. The molecule has 1 aliphatic rings. The fraction of sp³-hybridized carbons (Fsp3) is 0.200. The van der Waals surface area contributed by atoms with Crippen molar-refractivity contribution in [2.75, 3.05) is 28.7 Å². The molecule has 0 spiro atoms. The van der Waals surface area contributed by atoms with Crippen LogP contribution in [0.1, 0.15) is 24.0 Å². The number of rotatable bonds is 8. The number of amides is 1. The molecule has 1 saturated heterocycles. The van der Waals surface area contributed by atoms with Crippen LogP contribution in [0, 0.1) is 12.7 Å². The number of nitrogens with zero attached hydrogens (tertiary/aromatic N) is 4. The number of esters is 1. The van der Waals surface area contributed by atoms with Gasteiger partial charge in [-0.05, 0) is 60.9 Å². The fourth-order valence-electron chi connectivity index (χ4n) is 4.45. The van der Waals surface area contributed by atoms with Crippen LogP contribution in [0.3, 0.4) is 0 Å². The number of hydrogen-bond acceptors (Lipinski definition) is 7. The first-order chi connectivity index (χ1) is 18.9. The highest BCUT2D eigenvalue weighted by Crippen LogP contribution is 2.30. The number of anilines is 5. The first kappa shape index (κ1) is 25.8. The molecule has 0 aliphatic carbocycles. The lowest BCUT2D eigenvalue weighted by molar-refractivity contribution is -0.133. The Morgan fingerprint density at radius 1 is 1.10 bits per heavy atom. The molecule has 0 radical (unpaired) electrons. The number of nitrogens with one attached hydrogen (secondary N) is 1. The Bertz CT molecular complexity index is 1490. The van der Waals surface area contributed by atoms with Crippen LogP contribution in [0.5, 0.6) is 5.75 Å². The first-order valence-electron chi connectivity index (χ1n) is 12.7. The number of aryl methyl sites for hydroxylation is 1. The van der Waals surface area contributed by atoms with Crippen LogP contribution in [0.4, 0.5) is 33.2 Å². The maximum Gasteiger partial charge on any atom is 0.315 e. The summed E-state index contributed by atoms with van der Waals surface area (Å²) >= 11 is 0. The van der Waals surface area contributed by atoms with Gasteiger partial charge in [-0.2, -0.15) is 4.98 Å². The van der Waals surface area contributed by atoms with Crippen molar-refractivity contribution >= 4 is 40.7 Å². The van der Waals surface area contributed by atoms with Crippen molar-refractivity contribution in [3.05, 3.63) is 95.9 Å². The van der Waals surface area contributed by atoms with Crippen molar-refractivity contribution in [3.63, 3.8) is 0 Å². The Labute approximate surface area is 226 Å². The summed E-state index contributed by atoms with van der Waals surface area (Å²) in [7, 11) is 1.71. The van der Waals surface area contributed by atoms with Crippen LogP contribution in [0.25, 0.3) is 0 Å². The quantitative estimate of drug-likeness (QED) is 0.233. The van der Waals surface area contributed by atoms with E-state index in [-0.39, 0.29) is 30.1 Å². The molecule has 1 aromatic heterocycles. The lowest BCUT2D eigenvalue weighted by Gasteiger charge is -2.21. The summed E-state index contributed by atoms with van der Waals surface area (Å²) in [4.78, 5) is 36.4. The molecule has 4 aromatic rings. The molecule has 5 rings (SSSR count). The minimum atomic E-state index is -0.578. The van der Waals surface area contributed by atoms with E-state index in [4.69, 9.17) is 4.74 Å². The minimum Gasteiger partial charge on any atom is -0.426 e. The van der Waals surface area contributed by atoms with Crippen LogP contribution in [0.2, 0.25) is 0 Å². The molecule has 1 fully saturated rings. The van der Waals surface area contributed by atoms with Crippen molar-refractivity contribution in [1.29, 1.82) is 0 Å². The van der Waals surface area contributed by atoms with Crippen molar-refractivity contribution < 1.29 is 18.7 Å². The van der Waals surface area contributed by atoms with Gasteiger partial charge in [0.15, 0.2) is 11.6 Å². The van der Waals surface area contributed by atoms with Gasteiger partial charge in [-0.1, -0.05) is 36.4 Å². The molecule has 198 valence electrons. The monoisotopic (exact) mass is 525 g/mol. The zero-order chi connectivity index (χ0) is 27.4. The van der Waals surface area contributed by atoms with Crippen LogP contribution >= 0.6 is 0 Å². The van der Waals surface area contributed by atoms with Gasteiger partial charge in [0.2, 0.25) is 11.9 Å². The molecule has 39 heavy (non-hydrogen) atoms. The predicted molar refractivity (Wildman–Crippen MR) is 148 cm³/mol. The van der Waals surface area contributed by atoms with Gasteiger partial charge >= 0.3 is 5.97 Å². The number of carbonyl (C=O) groups is 2. The fourth-order valence-corrected chi connectivity index (χ4v) is 4.45. The largest absolute Gasteiger partial charge is 0.426 e. The molecule has 0 saturated carbocycles. The normalized spacial score (nSPS) is 12.9. The summed E-state index contributed by atoms with van der Waals surface area (Å²) in [6.07, 6.45) is 2.61. The molecule has 3 aromatic carbocycles. The van der Waals surface area contributed by atoms with Gasteiger partial charge < -0.3 is 19.9 Å². The SMILES string of the molecule is Cc1ccc(Nc2ncc(F)c(N(C)c3ccc(CC(=O)Oc4ccccc4)cc3)n2)cc1N1CCCC1=O. The Kier molecular flexibility index (Phi) is 7.49. The second-order valence-electron chi connectivity index (χ2n) is 9.33. The third-order valence-corrected chi connectivity index (χ3v) is 6.52. The highest BCUT2D eigenvalue weighted by molar-refractivity contribution is 5.96. The number of benzene rings is 3. The Balaban J connectivity index is 1.28. The standard InChI is InChI=1S/C30H28FN5O3/c1-20-10-13-22(18-26(20)36-16-6-9-27(36)37)33-30-32-19-25(31)29(34-30)35(2)23-14-11-21(12-15-23)17-28(38)39-24-7-4-3-5-8-24/h3-5,7-8,10-15,18-19H,6,9,16-17H2,1-2H3,(H,32,33,34). The second kappa shape index (κ2) is 11.3. The van der Waals surface area contributed by atoms with Crippen LogP contribution in [-0.2, 0) is 16.0 Å². The molecule has 1 amide bonds. The summed E-state index contributed by atoms with van der Waals surface area (Å²) < 4.78 is 20.1. The summed E-state index contributed by atoms with van der Waals surface area (Å²) in [6, 6.07) is 21.8. The van der Waals surface area contributed by atoms with E-state index < -0.39 is 5.82 Å². The zero-order valence-corrected chi connectivity index (χ0v) is 21.7. The summed E-state index contributed by atoms with van der Waals surface area (Å²) in [5.41, 5.74) is 3.99. The van der Waals surface area contributed by atoms with Gasteiger partial charge in [-0.25, -0.2) is 9.37 Å². The maximum atomic E-state index is 14.8. The lowest BCUT2D eigenvalue weighted by Crippen LogP contribution is -2.24. The van der Waals surface area contributed by atoms with Gasteiger partial charge in [0.25, 0.3) is 0 Å². The van der Waals surface area contributed by atoms with Gasteiger partial charge in [-0.15, -0.1) is 0 Å². The molecule has 0 unspecified atom stereocenters. The molecule has 0 bridgehead atoms. The molecule has 1 aliphatic heterocycles. The van der Waals surface area contributed by atoms with Crippen LogP contribution in [-0.4, -0.2) is 35.4 Å². The molecule has 9 heteroatoms. The van der Waals surface area contributed by atoms with E-state index in [0.29, 0.717) is 30.1 Å². The molecular weight excluding hydrogens is 497 g/mol. The van der Waals surface area contributed by atoms with E-state index in [9.17, 15) is 14.0 Å². The first-order valence-corrected chi connectivity index (χ1v) is 12.7. The second-order valence-corrected chi connectivity index (χ2v) is 9.33. The molecule has 8 nitrogen and oxygen atoms in total. The number of para-hydroxylation sites is 1. The average molecular weight is 526 g/mol. The predicted octanol–water partition coefficient (Wildman–Crippen LogP) is 5.71. The van der Waals surface area contributed by atoms with Gasteiger partial charge in [0, 0.05) is 37.1 Å². The van der Waals surface area contributed by atoms with Crippen molar-refractivity contribution in [2.45, 2.75) is 26.2 Å². The van der Waals surface area contributed by atoms with Crippen molar-refractivity contribution in [2.24, 2.45) is 0 Å². The average Bonchev–Trinajstić information content (AvgIpc) is 3.37. The summed E-state index contributed by atoms with van der Waals surface area (Å²) in [5, 5.41) is 3.13. The van der Waals surface area contributed by atoms with E-state index in [1.165, 1.54) is 0 Å². The Hall–Kier alpha value is -4.79. The number of carbonyl (C=O) groups excluding carboxylic acids is 2. The Morgan fingerprint density at radius 2 is 1.87 bits per heavy atom. The molecule has 2 heterocycles. The number of halogens is 1. The highest BCUT2D eigenvalue weighted by Gasteiger charge is 2.23. The van der Waals surface area contributed by atoms with E-state index in [2.05, 4.69) is 15.3 Å². The van der Waals surface area contributed by atoms with E-state index in [1.54, 1.807) is 65.4 Å². The van der Waals surface area contributed by atoms with Gasteiger partial charge in [-0.3, -0.25) is 9.59 Å². The van der Waals surface area contributed by atoms with Crippen molar-refractivity contribution in [1.82, 2.24) is 9.97 Å². The smallest absolute Gasteiger partial charge is 0.315 e. The molecular formula is C30H28FN5O3. The van der Waals surface area contributed by atoms with E-state index in [1.807, 2.05) is 31.2 Å². The van der Waals surface area contributed by atoms with Crippen LogP contribution in [0.15, 0.2) is 79.0 Å². The van der Waals surface area contributed by atoms with Crippen molar-refractivity contribution in [3.8, 4) is 5.75 Å². The number of aromatic nitrogens is 2. The topological polar surface area (TPSA) is 87.7 Å². The highest BCUT2D eigenvalue weighted by atomic mass is 19.1. The van der Waals surface area contributed by atoms with E-state index >= 15 is 0 Å². The van der Waals surface area contributed by atoms with Gasteiger partial charge in [0.05, 0.1) is 12.6 Å². The van der Waals surface area contributed by atoms with Gasteiger partial charge in [0.1, 0.15) is 5.75 Å². The lowest BCUT2D eigenvalue weighted by atomic mass is 10.1. The summed E-state index contributed by atoms with van der Waals surface area (Å²) in [5.74, 6) is -0.0314. The Morgan fingerprint density at radius 3 is 2.59 bits per heavy atom. The maximum absolute atomic E-state index is 14.8. The zero-order valence-electron chi connectivity index (χ0n) is 21.7.